The second-order valence-electron chi connectivity index (χ2n) is 9.26. The first-order valence-corrected chi connectivity index (χ1v) is 12.1. The van der Waals surface area contributed by atoms with E-state index in [9.17, 15) is 14.3 Å². The quantitative estimate of drug-likeness (QED) is 0.365. The number of fused-ring (bicyclic) bond motifs is 2. The van der Waals surface area contributed by atoms with Gasteiger partial charge in [-0.05, 0) is 24.5 Å². The van der Waals surface area contributed by atoms with E-state index in [4.69, 9.17) is 9.72 Å². The maximum atomic E-state index is 14.4. The molecule has 1 aromatic carbocycles. The van der Waals surface area contributed by atoms with Gasteiger partial charge in [0.2, 0.25) is 0 Å². The van der Waals surface area contributed by atoms with Gasteiger partial charge in [-0.3, -0.25) is 0 Å². The van der Waals surface area contributed by atoms with E-state index >= 15 is 0 Å². The van der Waals surface area contributed by atoms with Crippen LogP contribution < -0.4 is 4.90 Å². The van der Waals surface area contributed by atoms with E-state index in [1.54, 1.807) is 0 Å². The van der Waals surface area contributed by atoms with Crippen LogP contribution in [0.15, 0.2) is 61.1 Å². The van der Waals surface area contributed by atoms with Gasteiger partial charge in [0.25, 0.3) is 0 Å². The van der Waals surface area contributed by atoms with E-state index in [1.807, 2.05) is 54.5 Å². The lowest BCUT2D eigenvalue weighted by Gasteiger charge is -2.24. The Labute approximate surface area is 211 Å². The number of rotatable bonds is 6. The molecule has 1 fully saturated rings. The third-order valence-electron chi connectivity index (χ3n) is 6.83. The van der Waals surface area contributed by atoms with Crippen LogP contribution in [0.2, 0.25) is 0 Å². The first-order chi connectivity index (χ1) is 18.0. The van der Waals surface area contributed by atoms with Crippen LogP contribution in [0.25, 0.3) is 27.9 Å². The van der Waals surface area contributed by atoms with E-state index < -0.39 is 11.8 Å². The summed E-state index contributed by atoms with van der Waals surface area (Å²) in [7, 11) is 1.92. The average Bonchev–Trinajstić information content (AvgIpc) is 3.51. The molecule has 4 aromatic heterocycles. The van der Waals surface area contributed by atoms with Crippen molar-refractivity contribution >= 4 is 28.5 Å². The smallest absolute Gasteiger partial charge is 0.341 e. The Bertz CT molecular complexity index is 1610. The molecule has 1 aliphatic heterocycles. The van der Waals surface area contributed by atoms with E-state index in [-0.39, 0.29) is 17.3 Å². The molecule has 0 atom stereocenters. The van der Waals surface area contributed by atoms with Crippen molar-refractivity contribution in [3.63, 3.8) is 0 Å². The van der Waals surface area contributed by atoms with E-state index in [0.29, 0.717) is 47.9 Å². The second kappa shape index (κ2) is 9.29. The Balaban J connectivity index is 1.55. The number of hydrogen-bond acceptors (Lipinski definition) is 6. The van der Waals surface area contributed by atoms with Crippen molar-refractivity contribution in [2.75, 3.05) is 25.2 Å². The number of ether oxygens (including phenoxy) is 1. The SMILES string of the molecule is CN(Cc1ccccc1)c1cc(-c2cn(C3CCOCC3)c3ncc(F)cc23)nc2c(C(=O)O)cnn12. The molecule has 1 N–H and O–H groups in total. The molecule has 188 valence electrons. The first kappa shape index (κ1) is 23.1. The molecule has 1 saturated heterocycles. The molecule has 0 spiro atoms. The lowest BCUT2D eigenvalue weighted by molar-refractivity contribution is 0.0697. The second-order valence-corrected chi connectivity index (χ2v) is 9.26. The van der Waals surface area contributed by atoms with Crippen molar-refractivity contribution in [2.45, 2.75) is 25.4 Å². The Kier molecular flexibility index (Phi) is 5.80. The van der Waals surface area contributed by atoms with Gasteiger partial charge in [-0.1, -0.05) is 30.3 Å². The van der Waals surface area contributed by atoms with Crippen molar-refractivity contribution < 1.29 is 19.0 Å². The predicted molar refractivity (Wildman–Crippen MR) is 136 cm³/mol. The molecule has 6 rings (SSSR count). The summed E-state index contributed by atoms with van der Waals surface area (Å²) >= 11 is 0. The van der Waals surface area contributed by atoms with Gasteiger partial charge in [-0.15, -0.1) is 0 Å². The fraction of sp³-hybridized carbons (Fsp3) is 0.259. The minimum Gasteiger partial charge on any atom is -0.477 e. The Morgan fingerprint density at radius 3 is 2.70 bits per heavy atom. The number of halogens is 1. The van der Waals surface area contributed by atoms with Crippen molar-refractivity contribution in [1.82, 2.24) is 24.1 Å². The predicted octanol–water partition coefficient (Wildman–Crippen LogP) is 4.57. The van der Waals surface area contributed by atoms with Crippen LogP contribution in [0.5, 0.6) is 0 Å². The zero-order chi connectivity index (χ0) is 25.5. The summed E-state index contributed by atoms with van der Waals surface area (Å²) in [6.07, 6.45) is 6.12. The van der Waals surface area contributed by atoms with Gasteiger partial charge >= 0.3 is 5.97 Å². The Hall–Kier alpha value is -4.31. The topological polar surface area (TPSA) is 97.8 Å². The van der Waals surface area contributed by atoms with Crippen LogP contribution in [0.3, 0.4) is 0 Å². The number of aromatic nitrogens is 5. The molecule has 9 nitrogen and oxygen atoms in total. The summed E-state index contributed by atoms with van der Waals surface area (Å²) < 4.78 is 23.5. The monoisotopic (exact) mass is 500 g/mol. The summed E-state index contributed by atoms with van der Waals surface area (Å²) in [4.78, 5) is 23.1. The number of pyridine rings is 1. The molecule has 0 radical (unpaired) electrons. The van der Waals surface area contributed by atoms with Gasteiger partial charge in [0.15, 0.2) is 5.65 Å². The van der Waals surface area contributed by atoms with Crippen LogP contribution in [0.1, 0.15) is 34.8 Å². The van der Waals surface area contributed by atoms with Gasteiger partial charge in [-0.2, -0.15) is 9.61 Å². The zero-order valence-electron chi connectivity index (χ0n) is 20.2. The van der Waals surface area contributed by atoms with Crippen LogP contribution in [-0.2, 0) is 11.3 Å². The molecular weight excluding hydrogens is 475 g/mol. The van der Waals surface area contributed by atoms with Crippen LogP contribution in [0, 0.1) is 5.82 Å². The van der Waals surface area contributed by atoms with Gasteiger partial charge < -0.3 is 19.3 Å². The summed E-state index contributed by atoms with van der Waals surface area (Å²) in [6.45, 7) is 1.87. The zero-order valence-corrected chi connectivity index (χ0v) is 20.2. The van der Waals surface area contributed by atoms with Crippen LogP contribution >= 0.6 is 0 Å². The van der Waals surface area contributed by atoms with Crippen molar-refractivity contribution in [3.05, 3.63) is 78.0 Å². The number of anilines is 1. The average molecular weight is 501 g/mol. The van der Waals surface area contributed by atoms with E-state index in [1.165, 1.54) is 23.0 Å². The van der Waals surface area contributed by atoms with Crippen molar-refractivity contribution in [1.29, 1.82) is 0 Å². The highest BCUT2D eigenvalue weighted by atomic mass is 19.1. The van der Waals surface area contributed by atoms with Crippen LogP contribution in [0.4, 0.5) is 10.2 Å². The summed E-state index contributed by atoms with van der Waals surface area (Å²) in [5.74, 6) is -0.905. The number of aromatic carboxylic acids is 1. The molecule has 1 aliphatic rings. The normalized spacial score (nSPS) is 14.4. The number of carboxylic acid groups (broad SMARTS) is 1. The van der Waals surface area contributed by atoms with Crippen LogP contribution in [-0.4, -0.2) is 55.5 Å². The van der Waals surface area contributed by atoms with Crippen molar-refractivity contribution in [3.8, 4) is 11.3 Å². The highest BCUT2D eigenvalue weighted by molar-refractivity contribution is 5.97. The van der Waals surface area contributed by atoms with Gasteiger partial charge in [0.05, 0.1) is 18.1 Å². The lowest BCUT2D eigenvalue weighted by Crippen LogP contribution is -2.20. The molecule has 5 heterocycles. The first-order valence-electron chi connectivity index (χ1n) is 12.1. The number of benzene rings is 1. The number of carboxylic acids is 1. The molecule has 0 aliphatic carbocycles. The molecule has 5 aromatic rings. The minimum absolute atomic E-state index is 0.00585. The number of carbonyl (C=O) groups is 1. The maximum absolute atomic E-state index is 14.4. The molecular formula is C27H25FN6O3. The van der Waals surface area contributed by atoms with Gasteiger partial charge in [0, 0.05) is 56.1 Å². The highest BCUT2D eigenvalue weighted by Gasteiger charge is 2.24. The van der Waals surface area contributed by atoms with Crippen molar-refractivity contribution in [2.24, 2.45) is 0 Å². The largest absolute Gasteiger partial charge is 0.477 e. The Morgan fingerprint density at radius 2 is 1.95 bits per heavy atom. The maximum Gasteiger partial charge on any atom is 0.341 e. The molecule has 0 amide bonds. The number of hydrogen-bond donors (Lipinski definition) is 1. The fourth-order valence-electron chi connectivity index (χ4n) is 5.00. The third kappa shape index (κ3) is 4.19. The highest BCUT2D eigenvalue weighted by Crippen LogP contribution is 2.35. The molecule has 0 bridgehead atoms. The van der Waals surface area contributed by atoms with E-state index in [0.717, 1.165) is 18.4 Å². The lowest BCUT2D eigenvalue weighted by atomic mass is 10.1. The molecule has 0 unspecified atom stereocenters. The van der Waals surface area contributed by atoms with Gasteiger partial charge in [-0.25, -0.2) is 19.2 Å². The van der Waals surface area contributed by atoms with Gasteiger partial charge in [0.1, 0.15) is 22.8 Å². The molecule has 37 heavy (non-hydrogen) atoms. The summed E-state index contributed by atoms with van der Waals surface area (Å²) in [5.41, 5.74) is 3.17. The molecule has 0 saturated carbocycles. The van der Waals surface area contributed by atoms with E-state index in [2.05, 4.69) is 14.6 Å². The summed E-state index contributed by atoms with van der Waals surface area (Å²) in [5, 5.41) is 14.8. The number of nitrogens with zero attached hydrogens (tertiary/aromatic N) is 6. The minimum atomic E-state index is -1.12. The standard InChI is InChI=1S/C27H25FN6O3/c1-32(15-17-5-3-2-4-6-17)24-12-23(31-26-21(27(35)36)14-30-34(24)26)22-16-33(19-7-9-37-10-8-19)25-20(22)11-18(28)13-29-25/h2-6,11-14,16,19H,7-10,15H2,1H3,(H,35,36). The summed E-state index contributed by atoms with van der Waals surface area (Å²) in [6, 6.07) is 13.4. The Morgan fingerprint density at radius 1 is 1.16 bits per heavy atom. The third-order valence-corrected chi connectivity index (χ3v) is 6.83. The molecule has 10 heteroatoms. The fourth-order valence-corrected chi connectivity index (χ4v) is 5.00.